The summed E-state index contributed by atoms with van der Waals surface area (Å²) in [6.45, 7) is 5.25. The Morgan fingerprint density at radius 1 is 1.38 bits per heavy atom. The maximum atomic E-state index is 12.3. The van der Waals surface area contributed by atoms with Crippen LogP contribution in [-0.2, 0) is 6.54 Å². The SMILES string of the molecule is Cc1nccn1CCCCNC(=O)N1CCCC(c2ncc[nH]2)C1. The number of hydrogen-bond acceptors (Lipinski definition) is 3. The van der Waals surface area contributed by atoms with E-state index in [4.69, 9.17) is 0 Å². The zero-order chi connectivity index (χ0) is 16.8. The number of carbonyl (C=O) groups excluding carboxylic acids is 1. The summed E-state index contributed by atoms with van der Waals surface area (Å²) in [4.78, 5) is 26.0. The van der Waals surface area contributed by atoms with Crippen molar-refractivity contribution in [2.75, 3.05) is 19.6 Å². The molecule has 0 radical (unpaired) electrons. The smallest absolute Gasteiger partial charge is 0.317 e. The first kappa shape index (κ1) is 16.5. The van der Waals surface area contributed by atoms with Gasteiger partial charge in [0.1, 0.15) is 11.6 Å². The van der Waals surface area contributed by atoms with E-state index in [-0.39, 0.29) is 6.03 Å². The molecule has 1 saturated heterocycles. The molecule has 1 aliphatic rings. The van der Waals surface area contributed by atoms with Crippen LogP contribution >= 0.6 is 0 Å². The highest BCUT2D eigenvalue weighted by Gasteiger charge is 2.25. The second-order valence-corrected chi connectivity index (χ2v) is 6.37. The Balaban J connectivity index is 1.36. The number of hydrogen-bond donors (Lipinski definition) is 2. The normalized spacial score (nSPS) is 17.9. The molecule has 2 N–H and O–H groups in total. The van der Waals surface area contributed by atoms with E-state index in [0.29, 0.717) is 12.5 Å². The molecule has 7 nitrogen and oxygen atoms in total. The Kier molecular flexibility index (Phi) is 5.51. The lowest BCUT2D eigenvalue weighted by Crippen LogP contribution is -2.45. The third-order valence-electron chi connectivity index (χ3n) is 4.64. The third-order valence-corrected chi connectivity index (χ3v) is 4.64. The summed E-state index contributed by atoms with van der Waals surface area (Å²) in [7, 11) is 0. The van der Waals surface area contributed by atoms with Crippen molar-refractivity contribution in [3.05, 3.63) is 36.4 Å². The van der Waals surface area contributed by atoms with Crippen molar-refractivity contribution in [2.24, 2.45) is 0 Å². The number of urea groups is 1. The van der Waals surface area contributed by atoms with Crippen LogP contribution in [0.15, 0.2) is 24.8 Å². The number of aromatic amines is 1. The summed E-state index contributed by atoms with van der Waals surface area (Å²) in [6, 6.07) is 0.0464. The monoisotopic (exact) mass is 330 g/mol. The number of rotatable bonds is 6. The lowest BCUT2D eigenvalue weighted by molar-refractivity contribution is 0.178. The lowest BCUT2D eigenvalue weighted by Gasteiger charge is -2.31. The molecular weight excluding hydrogens is 304 g/mol. The van der Waals surface area contributed by atoms with Gasteiger partial charge in [0.05, 0.1) is 0 Å². The molecule has 2 aromatic heterocycles. The van der Waals surface area contributed by atoms with Gasteiger partial charge in [0.2, 0.25) is 0 Å². The predicted octanol–water partition coefficient (Wildman–Crippen LogP) is 2.28. The van der Waals surface area contributed by atoms with Crippen LogP contribution < -0.4 is 5.32 Å². The number of unbranched alkanes of at least 4 members (excludes halogenated alkanes) is 1. The third kappa shape index (κ3) is 4.15. The van der Waals surface area contributed by atoms with Crippen molar-refractivity contribution in [1.82, 2.24) is 29.7 Å². The lowest BCUT2D eigenvalue weighted by atomic mass is 9.98. The van der Waals surface area contributed by atoms with Crippen molar-refractivity contribution in [3.63, 3.8) is 0 Å². The standard InChI is InChI=1S/C17H26N6O/c1-14-18-9-12-22(14)10-3-2-6-21-17(24)23-11-4-5-15(13-23)16-19-7-8-20-16/h7-9,12,15H,2-6,10-11,13H2,1H3,(H,19,20)(H,21,24). The van der Waals surface area contributed by atoms with E-state index in [2.05, 4.69) is 24.8 Å². The highest BCUT2D eigenvalue weighted by atomic mass is 16.2. The molecule has 1 atom stereocenters. The topological polar surface area (TPSA) is 78.8 Å². The number of likely N-dealkylation sites (tertiary alicyclic amines) is 1. The largest absolute Gasteiger partial charge is 0.348 e. The zero-order valence-corrected chi connectivity index (χ0v) is 14.2. The van der Waals surface area contributed by atoms with Gasteiger partial charge in [-0.15, -0.1) is 0 Å². The number of aryl methyl sites for hydroxylation is 2. The molecular formula is C17H26N6O. The second-order valence-electron chi connectivity index (χ2n) is 6.37. The Hall–Kier alpha value is -2.31. The summed E-state index contributed by atoms with van der Waals surface area (Å²) >= 11 is 0. The number of imidazole rings is 2. The molecule has 24 heavy (non-hydrogen) atoms. The number of nitrogens with one attached hydrogen (secondary N) is 2. The first-order valence-corrected chi connectivity index (χ1v) is 8.74. The molecule has 3 rings (SSSR count). The number of H-pyrrole nitrogens is 1. The molecule has 1 aliphatic heterocycles. The van der Waals surface area contributed by atoms with Crippen LogP contribution in [0.25, 0.3) is 0 Å². The van der Waals surface area contributed by atoms with Crippen molar-refractivity contribution in [3.8, 4) is 0 Å². The molecule has 0 spiro atoms. The van der Waals surface area contributed by atoms with Crippen LogP contribution in [0.1, 0.15) is 43.3 Å². The number of piperidine rings is 1. The van der Waals surface area contributed by atoms with E-state index < -0.39 is 0 Å². The molecule has 2 aromatic rings. The van der Waals surface area contributed by atoms with Gasteiger partial charge in [-0.05, 0) is 32.6 Å². The fourth-order valence-electron chi connectivity index (χ4n) is 3.24. The molecule has 0 bridgehead atoms. The zero-order valence-electron chi connectivity index (χ0n) is 14.2. The maximum Gasteiger partial charge on any atom is 0.317 e. The summed E-state index contributed by atoms with van der Waals surface area (Å²) in [5.41, 5.74) is 0. The predicted molar refractivity (Wildman–Crippen MR) is 91.7 cm³/mol. The Morgan fingerprint density at radius 3 is 3.04 bits per heavy atom. The Morgan fingerprint density at radius 2 is 2.29 bits per heavy atom. The highest BCUT2D eigenvalue weighted by Crippen LogP contribution is 2.24. The first-order chi connectivity index (χ1) is 11.7. The van der Waals surface area contributed by atoms with Gasteiger partial charge in [0.25, 0.3) is 0 Å². The number of nitrogens with zero attached hydrogens (tertiary/aromatic N) is 4. The maximum absolute atomic E-state index is 12.3. The van der Waals surface area contributed by atoms with Crippen LogP contribution in [0.5, 0.6) is 0 Å². The van der Waals surface area contributed by atoms with Crippen LogP contribution in [0.3, 0.4) is 0 Å². The van der Waals surface area contributed by atoms with Crippen molar-refractivity contribution in [1.29, 1.82) is 0 Å². The van der Waals surface area contributed by atoms with Crippen LogP contribution in [-0.4, -0.2) is 50.1 Å². The van der Waals surface area contributed by atoms with Gasteiger partial charge >= 0.3 is 6.03 Å². The molecule has 1 fully saturated rings. The molecule has 130 valence electrons. The van der Waals surface area contributed by atoms with E-state index in [1.807, 2.05) is 30.4 Å². The fourth-order valence-corrected chi connectivity index (χ4v) is 3.24. The summed E-state index contributed by atoms with van der Waals surface area (Å²) in [5, 5.41) is 3.04. The summed E-state index contributed by atoms with van der Waals surface area (Å²) < 4.78 is 2.14. The van der Waals surface area contributed by atoms with Crippen molar-refractivity contribution >= 4 is 6.03 Å². The molecule has 0 aliphatic carbocycles. The van der Waals surface area contributed by atoms with Gasteiger partial charge in [-0.25, -0.2) is 14.8 Å². The highest BCUT2D eigenvalue weighted by molar-refractivity contribution is 5.74. The van der Waals surface area contributed by atoms with Gasteiger partial charge in [-0.3, -0.25) is 0 Å². The summed E-state index contributed by atoms with van der Waals surface area (Å²) in [6.07, 6.45) is 11.6. The van der Waals surface area contributed by atoms with Crippen molar-refractivity contribution in [2.45, 2.75) is 45.1 Å². The van der Waals surface area contributed by atoms with E-state index in [9.17, 15) is 4.79 Å². The van der Waals surface area contributed by atoms with E-state index in [0.717, 1.165) is 57.0 Å². The van der Waals surface area contributed by atoms with Gasteiger partial charge in [0.15, 0.2) is 0 Å². The summed E-state index contributed by atoms with van der Waals surface area (Å²) in [5.74, 6) is 2.35. The van der Waals surface area contributed by atoms with Crippen LogP contribution in [0.4, 0.5) is 4.79 Å². The fraction of sp³-hybridized carbons (Fsp3) is 0.588. The quantitative estimate of drug-likeness (QED) is 0.798. The molecule has 1 unspecified atom stereocenters. The second kappa shape index (κ2) is 7.99. The Labute approximate surface area is 142 Å². The molecule has 7 heteroatoms. The molecule has 0 aromatic carbocycles. The number of amides is 2. The minimum atomic E-state index is 0.0464. The van der Waals surface area contributed by atoms with E-state index >= 15 is 0 Å². The van der Waals surface area contributed by atoms with Gasteiger partial charge in [-0.2, -0.15) is 0 Å². The van der Waals surface area contributed by atoms with E-state index in [1.165, 1.54) is 0 Å². The van der Waals surface area contributed by atoms with Crippen LogP contribution in [0.2, 0.25) is 0 Å². The minimum absolute atomic E-state index is 0.0464. The molecule has 0 saturated carbocycles. The Bertz CT molecular complexity index is 635. The number of aromatic nitrogens is 4. The van der Waals surface area contributed by atoms with Crippen molar-refractivity contribution < 1.29 is 4.79 Å². The molecule has 2 amide bonds. The van der Waals surface area contributed by atoms with Gasteiger partial charge in [0, 0.05) is 56.9 Å². The minimum Gasteiger partial charge on any atom is -0.348 e. The van der Waals surface area contributed by atoms with Gasteiger partial charge < -0.3 is 19.8 Å². The van der Waals surface area contributed by atoms with E-state index in [1.54, 1.807) is 6.20 Å². The number of carbonyl (C=O) groups is 1. The average Bonchev–Trinajstić information content (AvgIpc) is 3.27. The average molecular weight is 330 g/mol. The first-order valence-electron chi connectivity index (χ1n) is 8.74. The van der Waals surface area contributed by atoms with Crippen LogP contribution in [0, 0.1) is 6.92 Å². The van der Waals surface area contributed by atoms with Gasteiger partial charge in [-0.1, -0.05) is 0 Å². The molecule has 3 heterocycles.